The number of carbonyl (C=O) groups excluding carboxylic acids is 1. The van der Waals surface area contributed by atoms with Crippen molar-refractivity contribution in [3.05, 3.63) is 70.8 Å². The van der Waals surface area contributed by atoms with Gasteiger partial charge in [-0.25, -0.2) is 0 Å². The molecule has 2 aromatic rings. The maximum Gasteiger partial charge on any atom is 0.142 e. The molecule has 0 amide bonds. The maximum absolute atomic E-state index is 13.1. The lowest BCUT2D eigenvalue weighted by Gasteiger charge is -2.45. The number of fused-ring (bicyclic) bond motifs is 2. The standard InChI is InChI=1S/C22H25NO/c1-14-6-10-16(11-7-14)20-18-4-3-5-19(22(18)24)21(23-20)17-12-8-15(2)9-13-17/h6-13,18-21,23H,3-5H2,1-2H3/t18-,19+,20+,21-. The van der Waals surface area contributed by atoms with Gasteiger partial charge >= 0.3 is 0 Å². The van der Waals surface area contributed by atoms with Gasteiger partial charge < -0.3 is 5.32 Å². The Hall–Kier alpha value is -1.93. The zero-order valence-corrected chi connectivity index (χ0v) is 14.5. The van der Waals surface area contributed by atoms with Crippen LogP contribution in [-0.4, -0.2) is 5.78 Å². The number of carbonyl (C=O) groups is 1. The molecule has 4 atom stereocenters. The smallest absolute Gasteiger partial charge is 0.142 e. The van der Waals surface area contributed by atoms with E-state index in [4.69, 9.17) is 0 Å². The molecule has 1 heterocycles. The van der Waals surface area contributed by atoms with Gasteiger partial charge in [-0.1, -0.05) is 66.1 Å². The monoisotopic (exact) mass is 319 g/mol. The fourth-order valence-corrected chi connectivity index (χ4v) is 4.41. The quantitative estimate of drug-likeness (QED) is 0.871. The van der Waals surface area contributed by atoms with Crippen LogP contribution in [-0.2, 0) is 4.79 Å². The normalized spacial score (nSPS) is 29.5. The number of hydrogen-bond acceptors (Lipinski definition) is 2. The number of benzene rings is 2. The van der Waals surface area contributed by atoms with Gasteiger partial charge in [0.1, 0.15) is 5.78 Å². The Morgan fingerprint density at radius 1 is 0.750 bits per heavy atom. The Bertz CT molecular complexity index is 670. The third-order valence-corrected chi connectivity index (χ3v) is 5.80. The Balaban J connectivity index is 1.71. The molecule has 24 heavy (non-hydrogen) atoms. The van der Waals surface area contributed by atoms with Gasteiger partial charge in [0, 0.05) is 23.9 Å². The zero-order chi connectivity index (χ0) is 16.7. The largest absolute Gasteiger partial charge is 0.302 e. The molecule has 1 aliphatic heterocycles. The first kappa shape index (κ1) is 15.6. The van der Waals surface area contributed by atoms with Crippen molar-refractivity contribution < 1.29 is 4.79 Å². The van der Waals surface area contributed by atoms with Crippen LogP contribution in [0.2, 0.25) is 0 Å². The molecule has 1 saturated carbocycles. The van der Waals surface area contributed by atoms with Crippen molar-refractivity contribution in [2.75, 3.05) is 0 Å². The number of hydrogen-bond donors (Lipinski definition) is 1. The molecule has 2 aliphatic rings. The van der Waals surface area contributed by atoms with Crippen LogP contribution < -0.4 is 5.32 Å². The maximum atomic E-state index is 13.1. The van der Waals surface area contributed by atoms with Crippen molar-refractivity contribution in [2.45, 2.75) is 45.2 Å². The van der Waals surface area contributed by atoms with E-state index in [1.165, 1.54) is 22.3 Å². The van der Waals surface area contributed by atoms with E-state index in [1.807, 2.05) is 0 Å². The van der Waals surface area contributed by atoms with Crippen molar-refractivity contribution in [2.24, 2.45) is 11.8 Å². The number of nitrogens with one attached hydrogen (secondary N) is 1. The summed E-state index contributed by atoms with van der Waals surface area (Å²) < 4.78 is 0. The molecular weight excluding hydrogens is 294 g/mol. The first-order valence-electron chi connectivity index (χ1n) is 9.06. The summed E-state index contributed by atoms with van der Waals surface area (Å²) in [6.45, 7) is 4.21. The molecule has 2 fully saturated rings. The lowest BCUT2D eigenvalue weighted by atomic mass is 9.67. The van der Waals surface area contributed by atoms with Crippen molar-refractivity contribution in [1.29, 1.82) is 0 Å². The Morgan fingerprint density at radius 3 is 1.58 bits per heavy atom. The third-order valence-electron chi connectivity index (χ3n) is 5.80. The van der Waals surface area contributed by atoms with E-state index in [9.17, 15) is 4.79 Å². The molecule has 0 radical (unpaired) electrons. The van der Waals surface area contributed by atoms with E-state index < -0.39 is 0 Å². The lowest BCUT2D eigenvalue weighted by Crippen LogP contribution is -2.50. The lowest BCUT2D eigenvalue weighted by molar-refractivity contribution is -0.135. The van der Waals surface area contributed by atoms with E-state index in [2.05, 4.69) is 67.7 Å². The number of rotatable bonds is 2. The predicted octanol–water partition coefficient (Wildman–Crippen LogP) is 4.67. The summed E-state index contributed by atoms with van der Waals surface area (Å²) in [6, 6.07) is 17.6. The Kier molecular flexibility index (Phi) is 4.01. The van der Waals surface area contributed by atoms with Crippen LogP contribution in [0.4, 0.5) is 0 Å². The van der Waals surface area contributed by atoms with E-state index in [0.717, 1.165) is 19.3 Å². The van der Waals surface area contributed by atoms with Crippen LogP contribution >= 0.6 is 0 Å². The second-order valence-electron chi connectivity index (χ2n) is 7.49. The summed E-state index contributed by atoms with van der Waals surface area (Å²) in [5.41, 5.74) is 5.02. The summed E-state index contributed by atoms with van der Waals surface area (Å²) in [6.07, 6.45) is 3.19. The summed E-state index contributed by atoms with van der Waals surface area (Å²) in [4.78, 5) is 13.1. The number of piperidine rings is 1. The molecule has 0 aromatic heterocycles. The highest BCUT2D eigenvalue weighted by Gasteiger charge is 2.46. The van der Waals surface area contributed by atoms with Gasteiger partial charge in [-0.2, -0.15) is 0 Å². The van der Waals surface area contributed by atoms with Crippen LogP contribution in [0.5, 0.6) is 0 Å². The Morgan fingerprint density at radius 2 is 1.17 bits per heavy atom. The van der Waals surface area contributed by atoms with Gasteiger partial charge in [0.25, 0.3) is 0 Å². The molecular formula is C22H25NO. The molecule has 0 unspecified atom stereocenters. The second-order valence-corrected chi connectivity index (χ2v) is 7.49. The first-order valence-corrected chi connectivity index (χ1v) is 9.06. The summed E-state index contributed by atoms with van der Waals surface area (Å²) in [5.74, 6) is 0.734. The average Bonchev–Trinajstić information content (AvgIpc) is 2.57. The van der Waals surface area contributed by atoms with E-state index in [1.54, 1.807) is 0 Å². The molecule has 4 rings (SSSR count). The summed E-state index contributed by atoms with van der Waals surface area (Å²) >= 11 is 0. The van der Waals surface area contributed by atoms with E-state index >= 15 is 0 Å². The highest BCUT2D eigenvalue weighted by molar-refractivity contribution is 5.87. The molecule has 1 saturated heterocycles. The minimum absolute atomic E-state index is 0.133. The molecule has 124 valence electrons. The summed E-state index contributed by atoms with van der Waals surface area (Å²) in [5, 5.41) is 3.84. The molecule has 2 heteroatoms. The van der Waals surface area contributed by atoms with Crippen molar-refractivity contribution >= 4 is 5.78 Å². The topological polar surface area (TPSA) is 29.1 Å². The summed E-state index contributed by atoms with van der Waals surface area (Å²) in [7, 11) is 0. The SMILES string of the molecule is Cc1ccc([C@H]2N[C@@H](c3ccc(C)cc3)[C@H]3CCC[C@@H]2C3=O)cc1. The molecule has 2 aromatic carbocycles. The molecule has 0 spiro atoms. The van der Waals surface area contributed by atoms with Crippen molar-refractivity contribution in [1.82, 2.24) is 5.32 Å². The van der Waals surface area contributed by atoms with Crippen LogP contribution in [0.1, 0.15) is 53.6 Å². The number of ketones is 1. The van der Waals surface area contributed by atoms with Gasteiger partial charge in [0.2, 0.25) is 0 Å². The van der Waals surface area contributed by atoms with Gasteiger partial charge in [0.05, 0.1) is 0 Å². The van der Waals surface area contributed by atoms with Gasteiger partial charge in [-0.3, -0.25) is 4.79 Å². The fraction of sp³-hybridized carbons (Fsp3) is 0.409. The minimum Gasteiger partial charge on any atom is -0.302 e. The molecule has 1 aliphatic carbocycles. The van der Waals surface area contributed by atoms with Crippen LogP contribution in [0, 0.1) is 25.7 Å². The highest BCUT2D eigenvalue weighted by atomic mass is 16.1. The van der Waals surface area contributed by atoms with E-state index in [0.29, 0.717) is 5.78 Å². The van der Waals surface area contributed by atoms with Gasteiger partial charge in [0.15, 0.2) is 0 Å². The van der Waals surface area contributed by atoms with Crippen LogP contribution in [0.15, 0.2) is 48.5 Å². The van der Waals surface area contributed by atoms with Crippen LogP contribution in [0.3, 0.4) is 0 Å². The zero-order valence-electron chi connectivity index (χ0n) is 14.5. The number of Topliss-reactive ketones (excluding diaryl/α,β-unsaturated/α-hetero) is 1. The second kappa shape index (κ2) is 6.18. The third kappa shape index (κ3) is 2.69. The van der Waals surface area contributed by atoms with Crippen molar-refractivity contribution in [3.63, 3.8) is 0 Å². The van der Waals surface area contributed by atoms with Gasteiger partial charge in [-0.15, -0.1) is 0 Å². The molecule has 2 bridgehead atoms. The first-order chi connectivity index (χ1) is 11.6. The Labute approximate surface area is 144 Å². The average molecular weight is 319 g/mol. The molecule has 2 nitrogen and oxygen atoms in total. The minimum atomic E-state index is 0.133. The highest BCUT2D eigenvalue weighted by Crippen LogP contribution is 2.45. The van der Waals surface area contributed by atoms with E-state index in [-0.39, 0.29) is 23.9 Å². The van der Waals surface area contributed by atoms with Gasteiger partial charge in [-0.05, 0) is 37.8 Å². The van der Waals surface area contributed by atoms with Crippen molar-refractivity contribution in [3.8, 4) is 0 Å². The number of aryl methyl sites for hydroxylation is 2. The predicted molar refractivity (Wildman–Crippen MR) is 96.8 cm³/mol. The molecule has 1 N–H and O–H groups in total. The van der Waals surface area contributed by atoms with Crippen LogP contribution in [0.25, 0.3) is 0 Å². The fourth-order valence-electron chi connectivity index (χ4n) is 4.41.